The Hall–Kier alpha value is -2.21. The average molecular weight is 340 g/mol. The van der Waals surface area contributed by atoms with Crippen molar-refractivity contribution in [1.29, 1.82) is 0 Å². The smallest absolute Gasteiger partial charge is 0.296 e. The molecule has 2 aromatic rings. The van der Waals surface area contributed by atoms with Gasteiger partial charge in [-0.15, -0.1) is 0 Å². The Kier molecular flexibility index (Phi) is 4.29. The standard InChI is InChI=1S/C19H24N4O2/c1-21-19(25)23(16-7-8-16)18(20-21)15-9-11-22(12-10-15)13-17(24)14-5-3-2-4-6-14/h2-6,15-16H,7-13H2,1H3. The predicted octanol–water partition coefficient (Wildman–Crippen LogP) is 1.98. The van der Waals surface area contributed by atoms with Crippen molar-refractivity contribution in [3.05, 3.63) is 52.2 Å². The highest BCUT2D eigenvalue weighted by Crippen LogP contribution is 2.37. The molecule has 25 heavy (non-hydrogen) atoms. The third-order valence-electron chi connectivity index (χ3n) is 5.31. The molecule has 0 atom stereocenters. The van der Waals surface area contributed by atoms with Gasteiger partial charge >= 0.3 is 5.69 Å². The maximum atomic E-state index is 12.4. The van der Waals surface area contributed by atoms with E-state index in [-0.39, 0.29) is 11.5 Å². The van der Waals surface area contributed by atoms with E-state index in [4.69, 9.17) is 0 Å². The number of ketones is 1. The van der Waals surface area contributed by atoms with E-state index in [1.165, 1.54) is 4.68 Å². The lowest BCUT2D eigenvalue weighted by atomic mass is 9.95. The number of aromatic nitrogens is 3. The Bertz CT molecular complexity index is 812. The van der Waals surface area contributed by atoms with Crippen LogP contribution in [0.15, 0.2) is 35.1 Å². The van der Waals surface area contributed by atoms with Gasteiger partial charge in [0, 0.05) is 24.6 Å². The summed E-state index contributed by atoms with van der Waals surface area (Å²) < 4.78 is 3.38. The Balaban J connectivity index is 1.40. The lowest BCUT2D eigenvalue weighted by Crippen LogP contribution is -2.37. The Morgan fingerprint density at radius 3 is 2.44 bits per heavy atom. The van der Waals surface area contributed by atoms with Crippen LogP contribution in [0, 0.1) is 0 Å². The van der Waals surface area contributed by atoms with Crippen LogP contribution in [0.3, 0.4) is 0 Å². The maximum absolute atomic E-state index is 12.4. The zero-order valence-corrected chi connectivity index (χ0v) is 14.6. The van der Waals surface area contributed by atoms with Crippen LogP contribution in [0.4, 0.5) is 0 Å². The minimum atomic E-state index is 0.0131. The molecule has 6 heteroatoms. The molecule has 1 saturated heterocycles. The van der Waals surface area contributed by atoms with Crippen LogP contribution in [-0.2, 0) is 7.05 Å². The van der Waals surface area contributed by atoms with E-state index in [2.05, 4.69) is 10.00 Å². The first kappa shape index (κ1) is 16.3. The summed E-state index contributed by atoms with van der Waals surface area (Å²) >= 11 is 0. The topological polar surface area (TPSA) is 60.1 Å². The fourth-order valence-electron chi connectivity index (χ4n) is 3.72. The van der Waals surface area contributed by atoms with E-state index in [1.54, 1.807) is 7.05 Å². The van der Waals surface area contributed by atoms with Crippen LogP contribution in [0.25, 0.3) is 0 Å². The second-order valence-corrected chi connectivity index (χ2v) is 7.21. The molecule has 1 aromatic carbocycles. The van der Waals surface area contributed by atoms with Gasteiger partial charge < -0.3 is 0 Å². The van der Waals surface area contributed by atoms with E-state index in [0.29, 0.717) is 18.5 Å². The predicted molar refractivity (Wildman–Crippen MR) is 94.9 cm³/mol. The molecule has 1 saturated carbocycles. The summed E-state index contributed by atoms with van der Waals surface area (Å²) in [7, 11) is 1.73. The highest BCUT2D eigenvalue weighted by Gasteiger charge is 2.33. The first-order chi connectivity index (χ1) is 12.1. The third-order valence-corrected chi connectivity index (χ3v) is 5.31. The number of piperidine rings is 1. The number of Topliss-reactive ketones (excluding diaryl/α,β-unsaturated/α-hetero) is 1. The Morgan fingerprint density at radius 1 is 1.12 bits per heavy atom. The van der Waals surface area contributed by atoms with Gasteiger partial charge in [0.05, 0.1) is 6.54 Å². The SMILES string of the molecule is Cn1nc(C2CCN(CC(=O)c3ccccc3)CC2)n(C2CC2)c1=O. The minimum Gasteiger partial charge on any atom is -0.296 e. The summed E-state index contributed by atoms with van der Waals surface area (Å²) in [5.74, 6) is 1.44. The molecule has 0 radical (unpaired) electrons. The van der Waals surface area contributed by atoms with Crippen molar-refractivity contribution in [2.45, 2.75) is 37.6 Å². The summed E-state index contributed by atoms with van der Waals surface area (Å²) in [5, 5.41) is 4.51. The number of hydrogen-bond donors (Lipinski definition) is 0. The number of rotatable bonds is 5. The molecule has 1 aliphatic heterocycles. The van der Waals surface area contributed by atoms with E-state index < -0.39 is 0 Å². The molecule has 2 fully saturated rings. The zero-order chi connectivity index (χ0) is 17.4. The van der Waals surface area contributed by atoms with Gasteiger partial charge in [-0.3, -0.25) is 14.3 Å². The van der Waals surface area contributed by atoms with Crippen molar-refractivity contribution in [2.24, 2.45) is 7.05 Å². The molecule has 2 aliphatic rings. The van der Waals surface area contributed by atoms with Crippen LogP contribution in [0.1, 0.15) is 53.8 Å². The number of nitrogens with zero attached hydrogens (tertiary/aromatic N) is 4. The number of hydrogen-bond acceptors (Lipinski definition) is 4. The van der Waals surface area contributed by atoms with Crippen molar-refractivity contribution in [3.63, 3.8) is 0 Å². The second kappa shape index (κ2) is 6.59. The molecular formula is C19H24N4O2. The van der Waals surface area contributed by atoms with Crippen molar-refractivity contribution < 1.29 is 4.79 Å². The van der Waals surface area contributed by atoms with E-state index in [0.717, 1.165) is 50.2 Å². The molecule has 0 N–H and O–H groups in total. The van der Waals surface area contributed by atoms with Gasteiger partial charge in [0.2, 0.25) is 0 Å². The van der Waals surface area contributed by atoms with Gasteiger partial charge in [-0.1, -0.05) is 30.3 Å². The van der Waals surface area contributed by atoms with Gasteiger partial charge in [-0.05, 0) is 38.8 Å². The highest BCUT2D eigenvalue weighted by atomic mass is 16.2. The third kappa shape index (κ3) is 3.31. The molecule has 0 bridgehead atoms. The zero-order valence-electron chi connectivity index (χ0n) is 14.6. The van der Waals surface area contributed by atoms with Crippen LogP contribution < -0.4 is 5.69 Å². The monoisotopic (exact) mass is 340 g/mol. The van der Waals surface area contributed by atoms with Crippen molar-refractivity contribution >= 4 is 5.78 Å². The number of likely N-dealkylation sites (tertiary alicyclic amines) is 1. The van der Waals surface area contributed by atoms with Crippen LogP contribution in [-0.4, -0.2) is 44.7 Å². The number of carbonyl (C=O) groups is 1. The Labute approximate surface area is 147 Å². The van der Waals surface area contributed by atoms with Crippen LogP contribution in [0.2, 0.25) is 0 Å². The van der Waals surface area contributed by atoms with Crippen LogP contribution >= 0.6 is 0 Å². The molecule has 1 aromatic heterocycles. The highest BCUT2D eigenvalue weighted by molar-refractivity contribution is 5.97. The summed E-state index contributed by atoms with van der Waals surface area (Å²) in [5.41, 5.74) is 0.788. The van der Waals surface area contributed by atoms with E-state index >= 15 is 0 Å². The molecule has 4 rings (SSSR count). The van der Waals surface area contributed by atoms with Gasteiger partial charge in [-0.25, -0.2) is 9.48 Å². The van der Waals surface area contributed by atoms with Gasteiger partial charge in [0.1, 0.15) is 5.82 Å². The second-order valence-electron chi connectivity index (χ2n) is 7.21. The molecular weight excluding hydrogens is 316 g/mol. The average Bonchev–Trinajstić information content (AvgIpc) is 3.43. The minimum absolute atomic E-state index is 0.0131. The van der Waals surface area contributed by atoms with Crippen LogP contribution in [0.5, 0.6) is 0 Å². The fraction of sp³-hybridized carbons (Fsp3) is 0.526. The number of benzene rings is 1. The lowest BCUT2D eigenvalue weighted by molar-refractivity contribution is 0.0908. The first-order valence-electron chi connectivity index (χ1n) is 9.09. The van der Waals surface area contributed by atoms with Gasteiger partial charge in [-0.2, -0.15) is 5.10 Å². The quantitative estimate of drug-likeness (QED) is 0.781. The molecule has 0 amide bonds. The molecule has 2 heterocycles. The van der Waals surface area contributed by atoms with E-state index in [9.17, 15) is 9.59 Å². The summed E-state index contributed by atoms with van der Waals surface area (Å²) in [4.78, 5) is 26.9. The molecule has 0 spiro atoms. The van der Waals surface area contributed by atoms with E-state index in [1.807, 2.05) is 34.9 Å². The summed E-state index contributed by atoms with van der Waals surface area (Å²) in [6.07, 6.45) is 4.07. The maximum Gasteiger partial charge on any atom is 0.345 e. The molecule has 1 aliphatic carbocycles. The molecule has 0 unspecified atom stereocenters. The van der Waals surface area contributed by atoms with Crippen molar-refractivity contribution in [1.82, 2.24) is 19.2 Å². The largest absolute Gasteiger partial charge is 0.345 e. The van der Waals surface area contributed by atoms with Crippen molar-refractivity contribution in [2.75, 3.05) is 19.6 Å². The van der Waals surface area contributed by atoms with Gasteiger partial charge in [0.25, 0.3) is 0 Å². The Morgan fingerprint density at radius 2 is 1.80 bits per heavy atom. The normalized spacial score (nSPS) is 19.2. The number of carbonyl (C=O) groups excluding carboxylic acids is 1. The molecule has 6 nitrogen and oxygen atoms in total. The van der Waals surface area contributed by atoms with Gasteiger partial charge in [0.15, 0.2) is 5.78 Å². The first-order valence-corrected chi connectivity index (χ1v) is 9.09. The summed E-state index contributed by atoms with van der Waals surface area (Å²) in [6.45, 7) is 2.21. The lowest BCUT2D eigenvalue weighted by Gasteiger charge is -2.31. The summed E-state index contributed by atoms with van der Waals surface area (Å²) in [6, 6.07) is 9.83. The number of aryl methyl sites for hydroxylation is 1. The fourth-order valence-corrected chi connectivity index (χ4v) is 3.72. The molecule has 132 valence electrons. The van der Waals surface area contributed by atoms with Crippen molar-refractivity contribution in [3.8, 4) is 0 Å².